The number of methoxy groups -OCH3 is 1. The maximum absolute atomic E-state index is 12.7. The van der Waals surface area contributed by atoms with E-state index in [2.05, 4.69) is 16.2 Å². The number of benzene rings is 1. The van der Waals surface area contributed by atoms with Crippen molar-refractivity contribution in [1.82, 2.24) is 14.5 Å². The summed E-state index contributed by atoms with van der Waals surface area (Å²) in [4.78, 5) is 19.4. The normalized spacial score (nSPS) is 15.3. The number of aromatic nitrogens is 2. The Kier molecular flexibility index (Phi) is 8.38. The third-order valence-electron chi connectivity index (χ3n) is 6.97. The fourth-order valence-corrected chi connectivity index (χ4v) is 4.97. The SMILES string of the molecule is CCC(COC(=O)N1CCCCCC1)n1cc(C)c2nc(-c3ccc(OC(F)(F)F)cc3OC)c(C)cc21. The van der Waals surface area contributed by atoms with Gasteiger partial charge in [0.1, 0.15) is 18.1 Å². The number of nitrogens with zero attached hydrogens (tertiary/aromatic N) is 3. The van der Waals surface area contributed by atoms with Crippen LogP contribution >= 0.6 is 0 Å². The number of carbonyl (C=O) groups is 1. The van der Waals surface area contributed by atoms with Gasteiger partial charge in [-0.25, -0.2) is 9.78 Å². The van der Waals surface area contributed by atoms with E-state index in [9.17, 15) is 18.0 Å². The number of likely N-dealkylation sites (tertiary alicyclic amines) is 1. The molecule has 0 radical (unpaired) electrons. The largest absolute Gasteiger partial charge is 0.573 e. The van der Waals surface area contributed by atoms with Crippen LogP contribution in [-0.2, 0) is 4.74 Å². The summed E-state index contributed by atoms with van der Waals surface area (Å²) in [6.07, 6.45) is 1.99. The van der Waals surface area contributed by atoms with Crippen LogP contribution in [0.5, 0.6) is 11.5 Å². The minimum absolute atomic E-state index is 0.0671. The lowest BCUT2D eigenvalue weighted by molar-refractivity contribution is -0.274. The van der Waals surface area contributed by atoms with E-state index >= 15 is 0 Å². The maximum Gasteiger partial charge on any atom is 0.573 e. The quantitative estimate of drug-likeness (QED) is 0.322. The molecular weight excluding hydrogens is 499 g/mol. The third kappa shape index (κ3) is 6.16. The van der Waals surface area contributed by atoms with E-state index in [1.807, 2.05) is 26.1 Å². The molecule has 1 atom stereocenters. The molecule has 0 saturated carbocycles. The lowest BCUT2D eigenvalue weighted by atomic mass is 10.0. The highest BCUT2D eigenvalue weighted by Gasteiger charge is 2.31. The van der Waals surface area contributed by atoms with Gasteiger partial charge in [-0.2, -0.15) is 0 Å². The van der Waals surface area contributed by atoms with Crippen LogP contribution in [0.15, 0.2) is 30.5 Å². The number of pyridine rings is 1. The van der Waals surface area contributed by atoms with Gasteiger partial charge in [0.25, 0.3) is 0 Å². The summed E-state index contributed by atoms with van der Waals surface area (Å²) in [6.45, 7) is 7.63. The zero-order valence-corrected chi connectivity index (χ0v) is 22.2. The molecule has 38 heavy (non-hydrogen) atoms. The number of amides is 1. The molecule has 0 aliphatic carbocycles. The molecule has 1 aliphatic heterocycles. The van der Waals surface area contributed by atoms with Crippen molar-refractivity contribution in [3.8, 4) is 22.8 Å². The van der Waals surface area contributed by atoms with Gasteiger partial charge in [0.05, 0.1) is 29.9 Å². The molecule has 0 bridgehead atoms. The van der Waals surface area contributed by atoms with E-state index in [0.29, 0.717) is 11.3 Å². The summed E-state index contributed by atoms with van der Waals surface area (Å²) in [6, 6.07) is 5.91. The molecule has 0 spiro atoms. The van der Waals surface area contributed by atoms with Gasteiger partial charge in [-0.15, -0.1) is 13.2 Å². The van der Waals surface area contributed by atoms with E-state index < -0.39 is 6.36 Å². The number of fused-ring (bicyclic) bond motifs is 1. The van der Waals surface area contributed by atoms with Gasteiger partial charge in [-0.3, -0.25) is 0 Å². The van der Waals surface area contributed by atoms with E-state index in [0.717, 1.165) is 67.4 Å². The van der Waals surface area contributed by atoms with Gasteiger partial charge in [0, 0.05) is 30.9 Å². The van der Waals surface area contributed by atoms with Crippen molar-refractivity contribution in [2.75, 3.05) is 26.8 Å². The first-order valence-corrected chi connectivity index (χ1v) is 13.0. The van der Waals surface area contributed by atoms with Crippen molar-refractivity contribution in [2.45, 2.75) is 65.3 Å². The van der Waals surface area contributed by atoms with Crippen molar-refractivity contribution < 1.29 is 32.2 Å². The number of ether oxygens (including phenoxy) is 3. The molecule has 1 saturated heterocycles. The van der Waals surface area contributed by atoms with Crippen LogP contribution in [0.3, 0.4) is 0 Å². The van der Waals surface area contributed by atoms with Crippen LogP contribution in [0.1, 0.15) is 56.2 Å². The smallest absolute Gasteiger partial charge is 0.496 e. The Labute approximate surface area is 220 Å². The van der Waals surface area contributed by atoms with Crippen molar-refractivity contribution in [3.05, 3.63) is 41.6 Å². The number of carbonyl (C=O) groups excluding carboxylic acids is 1. The number of aryl methyl sites for hydroxylation is 2. The van der Waals surface area contributed by atoms with Gasteiger partial charge in [-0.05, 0) is 62.4 Å². The van der Waals surface area contributed by atoms with Gasteiger partial charge in [-0.1, -0.05) is 19.8 Å². The Morgan fingerprint density at radius 1 is 1.08 bits per heavy atom. The predicted octanol–water partition coefficient (Wildman–Crippen LogP) is 7.19. The first-order chi connectivity index (χ1) is 18.1. The summed E-state index contributed by atoms with van der Waals surface area (Å²) >= 11 is 0. The van der Waals surface area contributed by atoms with E-state index in [1.54, 1.807) is 4.90 Å². The molecular formula is C28H34F3N3O4. The predicted molar refractivity (Wildman–Crippen MR) is 139 cm³/mol. The van der Waals surface area contributed by atoms with Gasteiger partial charge in [0.15, 0.2) is 0 Å². The number of halogens is 3. The molecule has 7 nitrogen and oxygen atoms in total. The monoisotopic (exact) mass is 533 g/mol. The minimum atomic E-state index is -4.79. The molecule has 10 heteroatoms. The molecule has 1 fully saturated rings. The molecule has 3 aromatic rings. The summed E-state index contributed by atoms with van der Waals surface area (Å²) < 4.78 is 55.3. The first-order valence-electron chi connectivity index (χ1n) is 13.0. The van der Waals surface area contributed by atoms with Crippen molar-refractivity contribution in [2.24, 2.45) is 0 Å². The standard InChI is InChI=1S/C28H34F3N3O4/c1-5-20(17-37-27(35)33-12-8-6-7-9-13-33)34-16-19(3)26-23(34)14-18(2)25(32-26)22-11-10-21(15-24(22)36-4)38-28(29,30)31/h10-11,14-16,20H,5-9,12-13,17H2,1-4H3. The Morgan fingerprint density at radius 3 is 2.42 bits per heavy atom. The van der Waals surface area contributed by atoms with Crippen LogP contribution in [0.2, 0.25) is 0 Å². The minimum Gasteiger partial charge on any atom is -0.496 e. The highest BCUT2D eigenvalue weighted by molar-refractivity contribution is 5.85. The van der Waals surface area contributed by atoms with Gasteiger partial charge in [0.2, 0.25) is 0 Å². The summed E-state index contributed by atoms with van der Waals surface area (Å²) in [5, 5.41) is 0. The molecule has 0 N–H and O–H groups in total. The van der Waals surface area contributed by atoms with E-state index in [1.165, 1.54) is 25.3 Å². The number of hydrogen-bond acceptors (Lipinski definition) is 5. The zero-order chi connectivity index (χ0) is 27.4. The maximum atomic E-state index is 12.7. The van der Waals surface area contributed by atoms with Crippen LogP contribution in [0.25, 0.3) is 22.3 Å². The number of hydrogen-bond donors (Lipinski definition) is 0. The van der Waals surface area contributed by atoms with Gasteiger partial charge < -0.3 is 23.7 Å². The third-order valence-corrected chi connectivity index (χ3v) is 6.97. The molecule has 1 amide bonds. The first kappa shape index (κ1) is 27.6. The van der Waals surface area contributed by atoms with Crippen molar-refractivity contribution >= 4 is 17.1 Å². The zero-order valence-electron chi connectivity index (χ0n) is 22.2. The summed E-state index contributed by atoms with van der Waals surface area (Å²) in [5.74, 6) is -0.134. The van der Waals surface area contributed by atoms with Crippen molar-refractivity contribution in [3.63, 3.8) is 0 Å². The average Bonchev–Trinajstić information content (AvgIpc) is 3.04. The highest BCUT2D eigenvalue weighted by Crippen LogP contribution is 2.37. The van der Waals surface area contributed by atoms with Crippen LogP contribution in [0.4, 0.5) is 18.0 Å². The van der Waals surface area contributed by atoms with E-state index in [-0.39, 0.29) is 30.2 Å². The Balaban J connectivity index is 1.61. The molecule has 1 unspecified atom stereocenters. The van der Waals surface area contributed by atoms with Crippen molar-refractivity contribution in [1.29, 1.82) is 0 Å². The summed E-state index contributed by atoms with van der Waals surface area (Å²) in [7, 11) is 1.39. The molecule has 2 aromatic heterocycles. The molecule has 1 aliphatic rings. The average molecular weight is 534 g/mol. The molecule has 4 rings (SSSR count). The Morgan fingerprint density at radius 2 is 1.79 bits per heavy atom. The molecule has 1 aromatic carbocycles. The molecule has 3 heterocycles. The fraction of sp³-hybridized carbons (Fsp3) is 0.500. The highest BCUT2D eigenvalue weighted by atomic mass is 19.4. The second-order valence-electron chi connectivity index (χ2n) is 9.69. The van der Waals surface area contributed by atoms with Crippen LogP contribution < -0.4 is 9.47 Å². The lowest BCUT2D eigenvalue weighted by Crippen LogP contribution is -2.33. The fourth-order valence-electron chi connectivity index (χ4n) is 4.97. The Hall–Kier alpha value is -3.43. The Bertz CT molecular complexity index is 1280. The number of rotatable bonds is 7. The van der Waals surface area contributed by atoms with Crippen LogP contribution in [0, 0.1) is 13.8 Å². The molecule has 206 valence electrons. The van der Waals surface area contributed by atoms with Crippen LogP contribution in [-0.4, -0.2) is 53.7 Å². The number of alkyl halides is 3. The second kappa shape index (κ2) is 11.5. The van der Waals surface area contributed by atoms with Gasteiger partial charge >= 0.3 is 12.5 Å². The second-order valence-corrected chi connectivity index (χ2v) is 9.69. The summed E-state index contributed by atoms with van der Waals surface area (Å²) in [5.41, 5.74) is 4.60. The topological polar surface area (TPSA) is 65.8 Å². The lowest BCUT2D eigenvalue weighted by Gasteiger charge is -2.23. The van der Waals surface area contributed by atoms with E-state index in [4.69, 9.17) is 14.5 Å².